The Hall–Kier alpha value is -1.71. The quantitative estimate of drug-likeness (QED) is 0.861. The van der Waals surface area contributed by atoms with Gasteiger partial charge in [0.1, 0.15) is 5.75 Å². The van der Waals surface area contributed by atoms with Crippen LogP contribution in [-0.2, 0) is 4.79 Å². The van der Waals surface area contributed by atoms with Crippen molar-refractivity contribution < 1.29 is 9.53 Å². The van der Waals surface area contributed by atoms with Crippen molar-refractivity contribution >= 4 is 11.6 Å². The normalized spacial score (nSPS) is 25.3. The van der Waals surface area contributed by atoms with Crippen LogP contribution in [0.15, 0.2) is 24.3 Å². The predicted octanol–water partition coefficient (Wildman–Crippen LogP) is 2.44. The minimum atomic E-state index is 0.115. The summed E-state index contributed by atoms with van der Waals surface area (Å²) in [7, 11) is 0. The van der Waals surface area contributed by atoms with Crippen molar-refractivity contribution in [2.45, 2.75) is 38.1 Å². The summed E-state index contributed by atoms with van der Waals surface area (Å²) in [6.45, 7) is 1.01. The highest BCUT2D eigenvalue weighted by Gasteiger charge is 2.37. The van der Waals surface area contributed by atoms with Crippen LogP contribution >= 0.6 is 0 Å². The van der Waals surface area contributed by atoms with Gasteiger partial charge in [0.2, 0.25) is 0 Å². The molecule has 4 nitrogen and oxygen atoms in total. The molecule has 0 bridgehead atoms. The van der Waals surface area contributed by atoms with E-state index in [2.05, 4.69) is 0 Å². The summed E-state index contributed by atoms with van der Waals surface area (Å²) in [6.07, 6.45) is 6.12. The molecule has 0 spiro atoms. The van der Waals surface area contributed by atoms with Crippen LogP contribution in [-0.4, -0.2) is 30.0 Å². The van der Waals surface area contributed by atoms with Gasteiger partial charge >= 0.3 is 0 Å². The topological polar surface area (TPSA) is 55.6 Å². The van der Waals surface area contributed by atoms with Gasteiger partial charge in [-0.3, -0.25) is 4.79 Å². The number of amides is 1. The third-order valence-electron chi connectivity index (χ3n) is 4.53. The first-order valence-electron chi connectivity index (χ1n) is 7.52. The molecule has 1 aromatic rings. The molecule has 1 heterocycles. The molecule has 2 atom stereocenters. The first-order chi connectivity index (χ1) is 9.74. The number of nitrogens with zero attached hydrogens (tertiary/aromatic N) is 1. The smallest absolute Gasteiger partial charge is 0.260 e. The molecule has 1 saturated carbocycles. The molecule has 2 aliphatic rings. The van der Waals surface area contributed by atoms with E-state index >= 15 is 0 Å². The number of carbonyl (C=O) groups is 1. The average Bonchev–Trinajstić information content (AvgIpc) is 2.93. The number of rotatable bonds is 3. The zero-order chi connectivity index (χ0) is 13.9. The number of anilines is 1. The number of piperidine rings is 1. The first-order valence-corrected chi connectivity index (χ1v) is 7.52. The molecule has 108 valence electrons. The lowest BCUT2D eigenvalue weighted by Gasteiger charge is -2.37. The minimum absolute atomic E-state index is 0.115. The molecule has 20 heavy (non-hydrogen) atoms. The average molecular weight is 274 g/mol. The van der Waals surface area contributed by atoms with Crippen molar-refractivity contribution in [2.24, 2.45) is 5.92 Å². The summed E-state index contributed by atoms with van der Waals surface area (Å²) in [5.41, 5.74) is 6.36. The van der Waals surface area contributed by atoms with Crippen molar-refractivity contribution in [1.29, 1.82) is 0 Å². The molecule has 1 aliphatic heterocycles. The Morgan fingerprint density at radius 3 is 3.00 bits per heavy atom. The molecule has 2 N–H and O–H groups in total. The Morgan fingerprint density at radius 2 is 2.15 bits per heavy atom. The number of benzene rings is 1. The second-order valence-electron chi connectivity index (χ2n) is 5.85. The van der Waals surface area contributed by atoms with Crippen LogP contribution in [0.5, 0.6) is 5.75 Å². The summed E-state index contributed by atoms with van der Waals surface area (Å²) in [4.78, 5) is 14.4. The van der Waals surface area contributed by atoms with Crippen LogP contribution in [0, 0.1) is 5.92 Å². The van der Waals surface area contributed by atoms with Gasteiger partial charge in [0.25, 0.3) is 5.91 Å². The fraction of sp³-hybridized carbons (Fsp3) is 0.562. The molecule has 0 aromatic heterocycles. The Bertz CT molecular complexity index is 489. The van der Waals surface area contributed by atoms with E-state index in [0.29, 0.717) is 17.5 Å². The van der Waals surface area contributed by atoms with E-state index in [4.69, 9.17) is 10.5 Å². The summed E-state index contributed by atoms with van der Waals surface area (Å²) in [5.74, 6) is 1.50. The van der Waals surface area contributed by atoms with Crippen LogP contribution in [0.3, 0.4) is 0 Å². The van der Waals surface area contributed by atoms with Gasteiger partial charge in [-0.15, -0.1) is 0 Å². The lowest BCUT2D eigenvalue weighted by molar-refractivity contribution is -0.138. The monoisotopic (exact) mass is 274 g/mol. The van der Waals surface area contributed by atoms with E-state index in [0.717, 1.165) is 25.3 Å². The first kappa shape index (κ1) is 13.3. The summed E-state index contributed by atoms with van der Waals surface area (Å²) in [5, 5.41) is 0. The van der Waals surface area contributed by atoms with Gasteiger partial charge < -0.3 is 15.4 Å². The lowest BCUT2D eigenvalue weighted by atomic mass is 9.92. The number of fused-ring (bicyclic) bond motifs is 1. The highest BCUT2D eigenvalue weighted by atomic mass is 16.5. The van der Waals surface area contributed by atoms with E-state index in [1.54, 1.807) is 6.07 Å². The SMILES string of the molecule is Nc1cccc(OCC(=O)N2CCCC3CCCC32)c1. The molecule has 1 saturated heterocycles. The van der Waals surface area contributed by atoms with Crippen molar-refractivity contribution in [3.8, 4) is 5.75 Å². The summed E-state index contributed by atoms with van der Waals surface area (Å²) in [6, 6.07) is 7.69. The minimum Gasteiger partial charge on any atom is -0.484 e. The third-order valence-corrected chi connectivity index (χ3v) is 4.53. The number of likely N-dealkylation sites (tertiary alicyclic amines) is 1. The van der Waals surface area contributed by atoms with Crippen molar-refractivity contribution in [2.75, 3.05) is 18.9 Å². The van der Waals surface area contributed by atoms with E-state index < -0.39 is 0 Å². The Balaban J connectivity index is 1.58. The highest BCUT2D eigenvalue weighted by molar-refractivity contribution is 5.78. The molecular formula is C16H22N2O2. The Kier molecular flexibility index (Phi) is 3.81. The number of nitrogens with two attached hydrogens (primary N) is 1. The maximum atomic E-state index is 12.4. The van der Waals surface area contributed by atoms with Gasteiger partial charge in [-0.25, -0.2) is 0 Å². The van der Waals surface area contributed by atoms with Gasteiger partial charge in [-0.05, 0) is 43.7 Å². The Morgan fingerprint density at radius 1 is 1.30 bits per heavy atom. The van der Waals surface area contributed by atoms with Gasteiger partial charge in [0, 0.05) is 24.3 Å². The fourth-order valence-corrected chi connectivity index (χ4v) is 3.60. The Labute approximate surface area is 119 Å². The van der Waals surface area contributed by atoms with Gasteiger partial charge in [0.15, 0.2) is 6.61 Å². The third kappa shape index (κ3) is 2.74. The standard InChI is InChI=1S/C16H22N2O2/c17-13-6-2-7-14(10-13)20-11-16(19)18-9-3-5-12-4-1-8-15(12)18/h2,6-7,10,12,15H,1,3-5,8-9,11,17H2. The number of hydrogen-bond acceptors (Lipinski definition) is 3. The number of carbonyl (C=O) groups excluding carboxylic acids is 1. The van der Waals surface area contributed by atoms with Crippen molar-refractivity contribution in [3.05, 3.63) is 24.3 Å². The largest absolute Gasteiger partial charge is 0.484 e. The lowest BCUT2D eigenvalue weighted by Crippen LogP contribution is -2.47. The van der Waals surface area contributed by atoms with Crippen molar-refractivity contribution in [3.63, 3.8) is 0 Å². The maximum absolute atomic E-state index is 12.4. The van der Waals surface area contributed by atoms with Crippen molar-refractivity contribution in [1.82, 2.24) is 4.90 Å². The predicted molar refractivity (Wildman–Crippen MR) is 78.4 cm³/mol. The molecule has 1 amide bonds. The molecule has 2 fully saturated rings. The van der Waals surface area contributed by atoms with E-state index in [1.807, 2.05) is 23.1 Å². The van der Waals surface area contributed by atoms with Crippen LogP contribution in [0.4, 0.5) is 5.69 Å². The van der Waals surface area contributed by atoms with Gasteiger partial charge in [0.05, 0.1) is 0 Å². The molecule has 2 unspecified atom stereocenters. The zero-order valence-electron chi connectivity index (χ0n) is 11.8. The fourth-order valence-electron chi connectivity index (χ4n) is 3.60. The van der Waals surface area contributed by atoms with Gasteiger partial charge in [-0.1, -0.05) is 12.5 Å². The molecule has 0 radical (unpaired) electrons. The van der Waals surface area contributed by atoms with Crippen LogP contribution in [0.25, 0.3) is 0 Å². The van der Waals surface area contributed by atoms with Crippen LogP contribution in [0.2, 0.25) is 0 Å². The van der Waals surface area contributed by atoms with Crippen LogP contribution < -0.4 is 10.5 Å². The number of ether oxygens (including phenoxy) is 1. The highest BCUT2D eigenvalue weighted by Crippen LogP contribution is 2.36. The molecule has 4 heteroatoms. The molecular weight excluding hydrogens is 252 g/mol. The second-order valence-corrected chi connectivity index (χ2v) is 5.85. The second kappa shape index (κ2) is 5.73. The van der Waals surface area contributed by atoms with Crippen LogP contribution in [0.1, 0.15) is 32.1 Å². The molecule has 1 aliphatic carbocycles. The van der Waals surface area contributed by atoms with Gasteiger partial charge in [-0.2, -0.15) is 0 Å². The molecule has 3 rings (SSSR count). The summed E-state index contributed by atoms with van der Waals surface area (Å²) >= 11 is 0. The van der Waals surface area contributed by atoms with E-state index in [-0.39, 0.29) is 12.5 Å². The molecule has 1 aromatic carbocycles. The zero-order valence-corrected chi connectivity index (χ0v) is 11.8. The van der Waals surface area contributed by atoms with E-state index in [9.17, 15) is 4.79 Å². The number of hydrogen-bond donors (Lipinski definition) is 1. The maximum Gasteiger partial charge on any atom is 0.260 e. The van der Waals surface area contributed by atoms with E-state index in [1.165, 1.54) is 19.3 Å². The number of nitrogen functional groups attached to an aromatic ring is 1. The summed E-state index contributed by atoms with van der Waals surface area (Å²) < 4.78 is 5.58.